The van der Waals surface area contributed by atoms with Gasteiger partial charge in [0.2, 0.25) is 11.8 Å². The molecular formula is C26H30N4O3. The maximum absolute atomic E-state index is 13.1. The normalized spacial score (nSPS) is 25.5. The molecule has 2 fully saturated rings. The molecule has 3 heterocycles. The van der Waals surface area contributed by atoms with Crippen LogP contribution in [0.1, 0.15) is 58.6 Å². The van der Waals surface area contributed by atoms with E-state index >= 15 is 0 Å². The molecule has 0 spiro atoms. The second-order valence-corrected chi connectivity index (χ2v) is 9.18. The number of piperidine rings is 1. The van der Waals surface area contributed by atoms with Gasteiger partial charge in [0.25, 0.3) is 5.91 Å². The van der Waals surface area contributed by atoms with Crippen molar-refractivity contribution in [3.8, 4) is 0 Å². The first kappa shape index (κ1) is 21.8. The third kappa shape index (κ3) is 4.43. The molecule has 0 aliphatic carbocycles. The van der Waals surface area contributed by atoms with E-state index in [0.29, 0.717) is 37.0 Å². The van der Waals surface area contributed by atoms with E-state index in [1.54, 1.807) is 4.90 Å². The summed E-state index contributed by atoms with van der Waals surface area (Å²) in [5.74, 6) is -0.332. The molecular weight excluding hydrogens is 416 g/mol. The van der Waals surface area contributed by atoms with Crippen molar-refractivity contribution < 1.29 is 14.4 Å². The van der Waals surface area contributed by atoms with Crippen LogP contribution in [0.3, 0.4) is 0 Å². The molecule has 7 nitrogen and oxygen atoms in total. The minimum Gasteiger partial charge on any atom is -0.322 e. The highest BCUT2D eigenvalue weighted by atomic mass is 16.2. The summed E-state index contributed by atoms with van der Waals surface area (Å²) in [4.78, 5) is 38.6. The van der Waals surface area contributed by atoms with Crippen LogP contribution in [0, 0.1) is 0 Å². The van der Waals surface area contributed by atoms with Gasteiger partial charge in [-0.05, 0) is 55.1 Å². The fourth-order valence-electron chi connectivity index (χ4n) is 5.44. The molecule has 3 aliphatic heterocycles. The van der Waals surface area contributed by atoms with Crippen LogP contribution in [0.25, 0.3) is 0 Å². The van der Waals surface area contributed by atoms with Crippen LogP contribution in [-0.4, -0.2) is 47.8 Å². The average Bonchev–Trinajstić information content (AvgIpc) is 3.00. The maximum Gasteiger partial charge on any atom is 0.255 e. The Kier molecular flexibility index (Phi) is 6.24. The number of nitrogens with one attached hydrogen (secondary N) is 3. The highest BCUT2D eigenvalue weighted by molar-refractivity contribution is 6.05. The van der Waals surface area contributed by atoms with Crippen molar-refractivity contribution >= 4 is 17.7 Å². The smallest absolute Gasteiger partial charge is 0.255 e. The van der Waals surface area contributed by atoms with E-state index in [2.05, 4.69) is 52.3 Å². The molecule has 2 saturated heterocycles. The number of amides is 3. The third-order valence-electron chi connectivity index (χ3n) is 7.21. The Morgan fingerprint density at radius 2 is 1.76 bits per heavy atom. The zero-order chi connectivity index (χ0) is 22.8. The molecule has 2 aromatic rings. The van der Waals surface area contributed by atoms with Crippen molar-refractivity contribution in [3.05, 3.63) is 70.8 Å². The van der Waals surface area contributed by atoms with E-state index in [4.69, 9.17) is 0 Å². The van der Waals surface area contributed by atoms with E-state index in [0.717, 1.165) is 37.1 Å². The predicted molar refractivity (Wildman–Crippen MR) is 124 cm³/mol. The van der Waals surface area contributed by atoms with Crippen molar-refractivity contribution in [2.75, 3.05) is 13.1 Å². The molecule has 0 aromatic heterocycles. The van der Waals surface area contributed by atoms with Gasteiger partial charge >= 0.3 is 0 Å². The van der Waals surface area contributed by atoms with Crippen LogP contribution < -0.4 is 16.0 Å². The van der Waals surface area contributed by atoms with Gasteiger partial charge in [0.1, 0.15) is 6.04 Å². The van der Waals surface area contributed by atoms with Crippen molar-refractivity contribution in [2.24, 2.45) is 0 Å². The minimum atomic E-state index is -0.584. The number of imide groups is 1. The van der Waals surface area contributed by atoms with Gasteiger partial charge in [0.05, 0.1) is 0 Å². The fourth-order valence-corrected chi connectivity index (χ4v) is 5.44. The lowest BCUT2D eigenvalue weighted by atomic mass is 9.87. The second-order valence-electron chi connectivity index (χ2n) is 9.18. The molecule has 3 aliphatic rings. The molecule has 3 N–H and O–H groups in total. The van der Waals surface area contributed by atoms with Gasteiger partial charge in [-0.15, -0.1) is 0 Å². The lowest BCUT2D eigenvalue weighted by Gasteiger charge is -2.29. The molecule has 33 heavy (non-hydrogen) atoms. The van der Waals surface area contributed by atoms with Gasteiger partial charge < -0.3 is 15.5 Å². The summed E-state index contributed by atoms with van der Waals surface area (Å²) < 4.78 is 0. The van der Waals surface area contributed by atoms with Crippen LogP contribution in [0.4, 0.5) is 0 Å². The van der Waals surface area contributed by atoms with Gasteiger partial charge in [-0.1, -0.05) is 42.5 Å². The van der Waals surface area contributed by atoms with Gasteiger partial charge in [-0.2, -0.15) is 0 Å². The van der Waals surface area contributed by atoms with Crippen LogP contribution in [-0.2, 0) is 22.7 Å². The number of fused-ring (bicyclic) bond motifs is 1. The van der Waals surface area contributed by atoms with Crippen LogP contribution in [0.2, 0.25) is 0 Å². The molecule has 0 radical (unpaired) electrons. The topological polar surface area (TPSA) is 90.5 Å². The Balaban J connectivity index is 1.32. The molecule has 5 rings (SSSR count). The minimum absolute atomic E-state index is 0.123. The summed E-state index contributed by atoms with van der Waals surface area (Å²) in [7, 11) is 0. The molecule has 3 atom stereocenters. The summed E-state index contributed by atoms with van der Waals surface area (Å²) in [5.41, 5.74) is 4.11. The number of nitrogens with zero attached hydrogens (tertiary/aromatic N) is 1. The summed E-state index contributed by atoms with van der Waals surface area (Å²) in [6.45, 7) is 3.07. The highest BCUT2D eigenvalue weighted by Crippen LogP contribution is 2.31. The first-order valence-electron chi connectivity index (χ1n) is 11.9. The maximum atomic E-state index is 13.1. The molecule has 2 aromatic carbocycles. The van der Waals surface area contributed by atoms with E-state index in [9.17, 15) is 14.4 Å². The van der Waals surface area contributed by atoms with Crippen molar-refractivity contribution in [3.63, 3.8) is 0 Å². The standard InChI is InChI=1S/C26H30N4O3/c31-24-10-9-23(25(32)29-24)30-16-21-18(7-4-8-20(21)26(30)33)15-28-22-12-14-27-13-11-19(22)17-5-2-1-3-6-17/h1-8,19,22-23,27-28H,9-16H2,(H,29,31,32)/t19-,22-,23?/m1/s1. The molecule has 7 heteroatoms. The van der Waals surface area contributed by atoms with E-state index < -0.39 is 6.04 Å². The zero-order valence-corrected chi connectivity index (χ0v) is 18.7. The molecule has 1 unspecified atom stereocenters. The lowest BCUT2D eigenvalue weighted by Crippen LogP contribution is -2.52. The van der Waals surface area contributed by atoms with E-state index in [1.807, 2.05) is 12.1 Å². The number of carbonyl (C=O) groups excluding carboxylic acids is 3. The van der Waals surface area contributed by atoms with Crippen LogP contribution in [0.5, 0.6) is 0 Å². The van der Waals surface area contributed by atoms with E-state index in [-0.39, 0.29) is 24.1 Å². The Morgan fingerprint density at radius 3 is 2.58 bits per heavy atom. The van der Waals surface area contributed by atoms with Crippen LogP contribution >= 0.6 is 0 Å². The Labute approximate surface area is 193 Å². The van der Waals surface area contributed by atoms with Gasteiger partial charge in [-0.25, -0.2) is 0 Å². The summed E-state index contributed by atoms with van der Waals surface area (Å²) in [6.07, 6.45) is 2.76. The monoisotopic (exact) mass is 446 g/mol. The van der Waals surface area contributed by atoms with Crippen LogP contribution in [0.15, 0.2) is 48.5 Å². The molecule has 3 amide bonds. The number of benzene rings is 2. The van der Waals surface area contributed by atoms with Gasteiger partial charge in [-0.3, -0.25) is 19.7 Å². The van der Waals surface area contributed by atoms with Crippen molar-refractivity contribution in [2.45, 2.75) is 56.8 Å². The van der Waals surface area contributed by atoms with Crippen molar-refractivity contribution in [1.29, 1.82) is 0 Å². The number of hydrogen-bond donors (Lipinski definition) is 3. The molecule has 172 valence electrons. The summed E-state index contributed by atoms with van der Waals surface area (Å²) in [6, 6.07) is 16.3. The Hall–Kier alpha value is -3.03. The van der Waals surface area contributed by atoms with Crippen molar-refractivity contribution in [1.82, 2.24) is 20.9 Å². The number of carbonyl (C=O) groups is 3. The Bertz CT molecular complexity index is 1050. The number of rotatable bonds is 5. The van der Waals surface area contributed by atoms with Gasteiger partial charge in [0, 0.05) is 37.0 Å². The fraction of sp³-hybridized carbons (Fsp3) is 0.423. The molecule has 0 bridgehead atoms. The largest absolute Gasteiger partial charge is 0.322 e. The molecule has 0 saturated carbocycles. The predicted octanol–water partition coefficient (Wildman–Crippen LogP) is 2.07. The lowest BCUT2D eigenvalue weighted by molar-refractivity contribution is -0.136. The first-order chi connectivity index (χ1) is 16.1. The highest BCUT2D eigenvalue weighted by Gasteiger charge is 2.39. The third-order valence-corrected chi connectivity index (χ3v) is 7.21. The summed E-state index contributed by atoms with van der Waals surface area (Å²) in [5, 5.41) is 9.68. The zero-order valence-electron chi connectivity index (χ0n) is 18.7. The van der Waals surface area contributed by atoms with E-state index in [1.165, 1.54) is 5.56 Å². The SMILES string of the molecule is O=C1CCC(N2Cc3c(CN[C@@H]4CCNCC[C@@H]4c4ccccc4)cccc3C2=O)C(=O)N1. The van der Waals surface area contributed by atoms with Gasteiger partial charge in [0.15, 0.2) is 0 Å². The quantitative estimate of drug-likeness (QED) is 0.612. The Morgan fingerprint density at radius 1 is 0.939 bits per heavy atom. The first-order valence-corrected chi connectivity index (χ1v) is 11.9. The average molecular weight is 447 g/mol. The summed E-state index contributed by atoms with van der Waals surface area (Å²) >= 11 is 0. The second kappa shape index (κ2) is 9.45. The number of hydrogen-bond acceptors (Lipinski definition) is 5.